The number of rotatable bonds is 8. The summed E-state index contributed by atoms with van der Waals surface area (Å²) in [5, 5.41) is 11.9. The van der Waals surface area contributed by atoms with Crippen LogP contribution in [0.1, 0.15) is 18.1 Å². The number of nitrogens with one attached hydrogen (secondary N) is 1. The molecule has 0 saturated heterocycles. The smallest absolute Gasteiger partial charge is 0.243 e. The number of amides is 2. The van der Waals surface area contributed by atoms with Crippen LogP contribution >= 0.6 is 11.8 Å². The first kappa shape index (κ1) is 21.6. The van der Waals surface area contributed by atoms with Gasteiger partial charge in [0.05, 0.1) is 18.6 Å². The van der Waals surface area contributed by atoms with Gasteiger partial charge in [-0.3, -0.25) is 14.2 Å². The summed E-state index contributed by atoms with van der Waals surface area (Å²) in [6.07, 6.45) is 1.58. The molecular weight excluding hydrogens is 402 g/mol. The van der Waals surface area contributed by atoms with Gasteiger partial charge < -0.3 is 14.6 Å². The Kier molecular flexibility index (Phi) is 6.94. The number of furan rings is 1. The van der Waals surface area contributed by atoms with Crippen molar-refractivity contribution in [2.75, 3.05) is 24.7 Å². The fraction of sp³-hybridized carbons (Fsp3) is 0.333. The van der Waals surface area contributed by atoms with E-state index in [-0.39, 0.29) is 24.1 Å². The number of para-hydroxylation sites is 1. The normalized spacial score (nSPS) is 10.8. The molecule has 3 aromatic rings. The molecule has 2 aromatic heterocycles. The molecule has 30 heavy (non-hydrogen) atoms. The van der Waals surface area contributed by atoms with Crippen LogP contribution in [-0.2, 0) is 16.1 Å². The molecular formula is C21H25N5O3S. The topological polar surface area (TPSA) is 93.3 Å². The number of carbonyl (C=O) groups excluding carboxylic acids is 2. The summed E-state index contributed by atoms with van der Waals surface area (Å²) in [4.78, 5) is 26.3. The van der Waals surface area contributed by atoms with Crippen molar-refractivity contribution in [2.45, 2.75) is 32.5 Å². The van der Waals surface area contributed by atoms with Gasteiger partial charge in [0.25, 0.3) is 0 Å². The Morgan fingerprint density at radius 1 is 1.17 bits per heavy atom. The highest BCUT2D eigenvalue weighted by molar-refractivity contribution is 7.99. The molecule has 9 heteroatoms. The van der Waals surface area contributed by atoms with E-state index in [4.69, 9.17) is 4.42 Å². The number of nitrogens with zero attached hydrogens (tertiary/aromatic N) is 4. The number of aromatic nitrogens is 3. The van der Waals surface area contributed by atoms with Crippen LogP contribution < -0.4 is 5.32 Å². The molecule has 0 bridgehead atoms. The summed E-state index contributed by atoms with van der Waals surface area (Å²) in [6.45, 7) is 6.48. The molecule has 0 fully saturated rings. The van der Waals surface area contributed by atoms with E-state index < -0.39 is 0 Å². The molecule has 0 aliphatic rings. The highest BCUT2D eigenvalue weighted by atomic mass is 32.2. The standard InChI is InChI=1S/C21H25N5O3S/c1-5-26-20(16-10-7-11-29-16)23-24-21(26)30-13-18(28)25(4)12-17(27)22-19-14(2)8-6-9-15(19)3/h6-11H,5,12-13H2,1-4H3,(H,22,27). The summed E-state index contributed by atoms with van der Waals surface area (Å²) < 4.78 is 7.29. The molecule has 158 valence electrons. The Morgan fingerprint density at radius 3 is 2.53 bits per heavy atom. The highest BCUT2D eigenvalue weighted by Crippen LogP contribution is 2.24. The molecule has 0 aliphatic carbocycles. The number of benzene rings is 1. The van der Waals surface area contributed by atoms with Crippen molar-refractivity contribution >= 4 is 29.3 Å². The number of anilines is 1. The number of thioether (sulfide) groups is 1. The zero-order chi connectivity index (χ0) is 21.7. The first-order valence-corrected chi connectivity index (χ1v) is 10.6. The number of aryl methyl sites for hydroxylation is 2. The Morgan fingerprint density at radius 2 is 1.90 bits per heavy atom. The Bertz CT molecular complexity index is 1010. The third kappa shape index (κ3) is 4.91. The minimum atomic E-state index is -0.231. The van der Waals surface area contributed by atoms with Crippen LogP contribution in [0.15, 0.2) is 46.2 Å². The quantitative estimate of drug-likeness (QED) is 0.554. The minimum absolute atomic E-state index is 0.0225. The molecule has 2 amide bonds. The third-order valence-electron chi connectivity index (χ3n) is 4.65. The van der Waals surface area contributed by atoms with Crippen LogP contribution in [0.2, 0.25) is 0 Å². The van der Waals surface area contributed by atoms with Crippen molar-refractivity contribution in [2.24, 2.45) is 0 Å². The molecule has 0 unspecified atom stereocenters. The maximum absolute atomic E-state index is 12.5. The van der Waals surface area contributed by atoms with Crippen LogP contribution in [0.3, 0.4) is 0 Å². The molecule has 0 saturated carbocycles. The zero-order valence-electron chi connectivity index (χ0n) is 17.5. The molecule has 8 nitrogen and oxygen atoms in total. The first-order chi connectivity index (χ1) is 14.4. The fourth-order valence-corrected chi connectivity index (χ4v) is 3.94. The predicted molar refractivity (Wildman–Crippen MR) is 116 cm³/mol. The van der Waals surface area contributed by atoms with E-state index in [2.05, 4.69) is 15.5 Å². The monoisotopic (exact) mass is 427 g/mol. The van der Waals surface area contributed by atoms with Crippen LogP contribution in [0.25, 0.3) is 11.6 Å². The molecule has 0 radical (unpaired) electrons. The van der Waals surface area contributed by atoms with Crippen LogP contribution in [0, 0.1) is 13.8 Å². The Hall–Kier alpha value is -3.07. The van der Waals surface area contributed by atoms with Gasteiger partial charge in [0.15, 0.2) is 16.7 Å². The van der Waals surface area contributed by atoms with E-state index >= 15 is 0 Å². The number of likely N-dealkylation sites (N-methyl/N-ethyl adjacent to an activating group) is 1. The molecule has 3 rings (SSSR count). The van der Waals surface area contributed by atoms with E-state index in [1.165, 1.54) is 16.7 Å². The maximum Gasteiger partial charge on any atom is 0.243 e. The van der Waals surface area contributed by atoms with Gasteiger partial charge in [-0.05, 0) is 44.0 Å². The van der Waals surface area contributed by atoms with E-state index in [1.54, 1.807) is 19.4 Å². The molecule has 0 atom stereocenters. The SMILES string of the molecule is CCn1c(SCC(=O)N(C)CC(=O)Nc2c(C)cccc2C)nnc1-c1ccco1. The van der Waals surface area contributed by atoms with Crippen LogP contribution in [0.5, 0.6) is 0 Å². The lowest BCUT2D eigenvalue weighted by Gasteiger charge is -2.18. The minimum Gasteiger partial charge on any atom is -0.461 e. The van der Waals surface area contributed by atoms with Gasteiger partial charge in [-0.2, -0.15) is 0 Å². The summed E-state index contributed by atoms with van der Waals surface area (Å²) >= 11 is 1.29. The average Bonchev–Trinajstić information content (AvgIpc) is 3.38. The van der Waals surface area contributed by atoms with Crippen molar-refractivity contribution < 1.29 is 14.0 Å². The van der Waals surface area contributed by atoms with Gasteiger partial charge in [0.2, 0.25) is 11.8 Å². The van der Waals surface area contributed by atoms with Crippen LogP contribution in [0.4, 0.5) is 5.69 Å². The molecule has 0 aliphatic heterocycles. The van der Waals surface area contributed by atoms with Gasteiger partial charge in [0, 0.05) is 19.3 Å². The number of hydrogen-bond donors (Lipinski definition) is 1. The Labute approximate surface area is 179 Å². The van der Waals surface area contributed by atoms with Gasteiger partial charge in [-0.15, -0.1) is 10.2 Å². The van der Waals surface area contributed by atoms with E-state index in [9.17, 15) is 9.59 Å². The van der Waals surface area contributed by atoms with Gasteiger partial charge in [0.1, 0.15) is 0 Å². The summed E-state index contributed by atoms with van der Waals surface area (Å²) in [6, 6.07) is 9.43. The van der Waals surface area contributed by atoms with Crippen molar-refractivity contribution in [1.29, 1.82) is 0 Å². The zero-order valence-corrected chi connectivity index (χ0v) is 18.3. The summed E-state index contributed by atoms with van der Waals surface area (Å²) in [5.74, 6) is 1.01. The predicted octanol–water partition coefficient (Wildman–Crippen LogP) is 3.36. The fourth-order valence-electron chi connectivity index (χ4n) is 3.00. The van der Waals surface area contributed by atoms with Gasteiger partial charge >= 0.3 is 0 Å². The van der Waals surface area contributed by atoms with Crippen molar-refractivity contribution in [3.05, 3.63) is 47.7 Å². The number of hydrogen-bond acceptors (Lipinski definition) is 6. The highest BCUT2D eigenvalue weighted by Gasteiger charge is 2.19. The van der Waals surface area contributed by atoms with Gasteiger partial charge in [-0.1, -0.05) is 30.0 Å². The lowest BCUT2D eigenvalue weighted by Crippen LogP contribution is -2.36. The van der Waals surface area contributed by atoms with Crippen LogP contribution in [-0.4, -0.2) is 50.8 Å². The third-order valence-corrected chi connectivity index (χ3v) is 5.60. The molecule has 1 aromatic carbocycles. The second-order valence-electron chi connectivity index (χ2n) is 6.88. The van der Waals surface area contributed by atoms with Gasteiger partial charge in [-0.25, -0.2) is 0 Å². The summed E-state index contributed by atoms with van der Waals surface area (Å²) in [7, 11) is 1.62. The lowest BCUT2D eigenvalue weighted by molar-refractivity contribution is -0.131. The molecule has 0 spiro atoms. The van der Waals surface area contributed by atoms with Crippen molar-refractivity contribution in [1.82, 2.24) is 19.7 Å². The lowest BCUT2D eigenvalue weighted by atomic mass is 10.1. The average molecular weight is 428 g/mol. The maximum atomic E-state index is 12.5. The van der Waals surface area contributed by atoms with E-state index in [0.717, 1.165) is 16.8 Å². The van der Waals surface area contributed by atoms with E-state index in [0.29, 0.717) is 23.3 Å². The van der Waals surface area contributed by atoms with Crippen molar-refractivity contribution in [3.63, 3.8) is 0 Å². The Balaban J connectivity index is 1.57. The van der Waals surface area contributed by atoms with E-state index in [1.807, 2.05) is 49.6 Å². The second kappa shape index (κ2) is 9.62. The molecule has 1 N–H and O–H groups in total. The largest absolute Gasteiger partial charge is 0.461 e. The second-order valence-corrected chi connectivity index (χ2v) is 7.82. The number of carbonyl (C=O) groups is 2. The summed E-state index contributed by atoms with van der Waals surface area (Å²) in [5.41, 5.74) is 2.76. The molecule has 2 heterocycles. The van der Waals surface area contributed by atoms with Crippen molar-refractivity contribution in [3.8, 4) is 11.6 Å². The first-order valence-electron chi connectivity index (χ1n) is 9.60.